The van der Waals surface area contributed by atoms with E-state index in [-0.39, 0.29) is 11.5 Å². The summed E-state index contributed by atoms with van der Waals surface area (Å²) in [5.74, 6) is 0.825. The second-order valence-corrected chi connectivity index (χ2v) is 8.46. The Bertz CT molecular complexity index is 1110. The molecule has 0 aliphatic carbocycles. The van der Waals surface area contributed by atoms with E-state index in [4.69, 9.17) is 4.74 Å². The van der Waals surface area contributed by atoms with E-state index in [2.05, 4.69) is 9.88 Å². The number of hydrogen-bond donors (Lipinski definition) is 0. The summed E-state index contributed by atoms with van der Waals surface area (Å²) in [4.78, 5) is 35.8. The second-order valence-electron chi connectivity index (χ2n) is 7.46. The van der Waals surface area contributed by atoms with Crippen molar-refractivity contribution in [1.29, 1.82) is 0 Å². The minimum absolute atomic E-state index is 0.00803. The summed E-state index contributed by atoms with van der Waals surface area (Å²) in [6.45, 7) is 7.34. The van der Waals surface area contributed by atoms with Gasteiger partial charge in [-0.25, -0.2) is 4.98 Å². The van der Waals surface area contributed by atoms with Crippen molar-refractivity contribution in [2.24, 2.45) is 0 Å². The number of carbonyl (C=O) groups excluding carboxylic acids is 1. The van der Waals surface area contributed by atoms with Gasteiger partial charge in [0.1, 0.15) is 10.6 Å². The second kappa shape index (κ2) is 8.47. The van der Waals surface area contributed by atoms with Crippen molar-refractivity contribution in [2.45, 2.75) is 26.8 Å². The van der Waals surface area contributed by atoms with Gasteiger partial charge in [-0.15, -0.1) is 11.3 Å². The maximum absolute atomic E-state index is 13.2. The number of fused-ring (bicyclic) bond motifs is 1. The van der Waals surface area contributed by atoms with Crippen LogP contribution in [0, 0.1) is 6.92 Å². The first kappa shape index (κ1) is 20.4. The van der Waals surface area contributed by atoms with Crippen LogP contribution in [0.15, 0.2) is 35.4 Å². The van der Waals surface area contributed by atoms with Gasteiger partial charge in [-0.05, 0) is 43.2 Å². The van der Waals surface area contributed by atoms with Gasteiger partial charge in [0.25, 0.3) is 11.5 Å². The zero-order valence-corrected chi connectivity index (χ0v) is 18.4. The van der Waals surface area contributed by atoms with Gasteiger partial charge in [0.15, 0.2) is 0 Å². The number of piperazine rings is 1. The van der Waals surface area contributed by atoms with E-state index in [0.717, 1.165) is 36.5 Å². The molecule has 1 amide bonds. The van der Waals surface area contributed by atoms with Crippen LogP contribution in [-0.2, 0) is 6.54 Å². The number of aryl methyl sites for hydroxylation is 2. The largest absolute Gasteiger partial charge is 0.497 e. The van der Waals surface area contributed by atoms with Crippen LogP contribution in [0.1, 0.15) is 28.6 Å². The quantitative estimate of drug-likeness (QED) is 0.627. The van der Waals surface area contributed by atoms with Gasteiger partial charge in [-0.3, -0.25) is 14.2 Å². The molecule has 8 heteroatoms. The van der Waals surface area contributed by atoms with Crippen molar-refractivity contribution >= 4 is 33.1 Å². The summed E-state index contributed by atoms with van der Waals surface area (Å²) >= 11 is 1.32. The summed E-state index contributed by atoms with van der Waals surface area (Å²) < 4.78 is 6.85. The Morgan fingerprint density at radius 2 is 1.87 bits per heavy atom. The number of hydrogen-bond acceptors (Lipinski definition) is 6. The summed E-state index contributed by atoms with van der Waals surface area (Å²) in [6, 6.07) is 7.98. The molecule has 0 saturated carbocycles. The lowest BCUT2D eigenvalue weighted by molar-refractivity contribution is 0.0751. The molecule has 0 unspecified atom stereocenters. The van der Waals surface area contributed by atoms with Crippen LogP contribution in [0.4, 0.5) is 5.69 Å². The van der Waals surface area contributed by atoms with Gasteiger partial charge in [0.2, 0.25) is 0 Å². The smallest absolute Gasteiger partial charge is 0.264 e. The minimum atomic E-state index is -0.0565. The monoisotopic (exact) mass is 426 g/mol. The number of aromatic nitrogens is 2. The van der Waals surface area contributed by atoms with Gasteiger partial charge in [-0.2, -0.15) is 0 Å². The molecular formula is C22H26N4O3S. The van der Waals surface area contributed by atoms with Crippen LogP contribution < -0.4 is 15.2 Å². The number of nitrogens with zero attached hydrogens (tertiary/aromatic N) is 4. The van der Waals surface area contributed by atoms with E-state index < -0.39 is 0 Å². The first-order chi connectivity index (χ1) is 14.5. The zero-order chi connectivity index (χ0) is 21.3. The lowest BCUT2D eigenvalue weighted by Gasteiger charge is -2.36. The SMILES string of the molecule is CCCn1cnc2sc(C(=O)N3CCN(c4ccc(OC)cc4)CC3)c(C)c2c1=O. The number of carbonyl (C=O) groups is 1. The molecule has 7 nitrogen and oxygen atoms in total. The molecule has 2 aromatic heterocycles. The van der Waals surface area contributed by atoms with E-state index in [0.29, 0.717) is 34.7 Å². The molecule has 1 aliphatic rings. The molecule has 0 spiro atoms. The maximum atomic E-state index is 13.2. The van der Waals surface area contributed by atoms with Gasteiger partial charge in [0, 0.05) is 38.4 Å². The molecule has 1 aliphatic heterocycles. The highest BCUT2D eigenvalue weighted by Crippen LogP contribution is 2.29. The molecule has 0 N–H and O–H groups in total. The molecule has 30 heavy (non-hydrogen) atoms. The number of rotatable bonds is 5. The fraction of sp³-hybridized carbons (Fsp3) is 0.409. The predicted molar refractivity (Wildman–Crippen MR) is 120 cm³/mol. The number of methoxy groups -OCH3 is 1. The lowest BCUT2D eigenvalue weighted by Crippen LogP contribution is -2.48. The zero-order valence-electron chi connectivity index (χ0n) is 17.6. The molecule has 158 valence electrons. The summed E-state index contributed by atoms with van der Waals surface area (Å²) in [6.07, 6.45) is 2.45. The third-order valence-corrected chi connectivity index (χ3v) is 6.77. The molecule has 0 atom stereocenters. The number of thiophene rings is 1. The number of anilines is 1. The van der Waals surface area contributed by atoms with Crippen LogP contribution in [0.3, 0.4) is 0 Å². The van der Waals surface area contributed by atoms with Gasteiger partial charge in [0.05, 0.1) is 23.7 Å². The molecule has 0 bridgehead atoms. The van der Waals surface area contributed by atoms with E-state index >= 15 is 0 Å². The Balaban J connectivity index is 1.51. The average Bonchev–Trinajstić information content (AvgIpc) is 3.12. The van der Waals surface area contributed by atoms with Crippen molar-refractivity contribution in [3.05, 3.63) is 51.4 Å². The highest BCUT2D eigenvalue weighted by molar-refractivity contribution is 7.20. The Morgan fingerprint density at radius 3 is 2.50 bits per heavy atom. The normalized spacial score (nSPS) is 14.4. The number of ether oxygens (including phenoxy) is 1. The first-order valence-corrected chi connectivity index (χ1v) is 11.0. The molecular weight excluding hydrogens is 400 g/mol. The van der Waals surface area contributed by atoms with Gasteiger partial charge >= 0.3 is 0 Å². The predicted octanol–water partition coefficient (Wildman–Crippen LogP) is 3.15. The molecule has 1 aromatic carbocycles. The van der Waals surface area contributed by atoms with Crippen LogP contribution in [0.5, 0.6) is 5.75 Å². The first-order valence-electron chi connectivity index (χ1n) is 10.2. The Hall–Kier alpha value is -2.87. The van der Waals surface area contributed by atoms with Crippen molar-refractivity contribution in [2.75, 3.05) is 38.2 Å². The van der Waals surface area contributed by atoms with Crippen molar-refractivity contribution in [3.8, 4) is 5.75 Å². The fourth-order valence-electron chi connectivity index (χ4n) is 3.87. The molecule has 1 fully saturated rings. The Labute approximate surface area is 179 Å². The summed E-state index contributed by atoms with van der Waals surface area (Å²) in [5, 5.41) is 0.580. The number of amides is 1. The van der Waals surface area contributed by atoms with Crippen LogP contribution >= 0.6 is 11.3 Å². The molecule has 0 radical (unpaired) electrons. The summed E-state index contributed by atoms with van der Waals surface area (Å²) in [7, 11) is 1.66. The number of benzene rings is 1. The lowest BCUT2D eigenvalue weighted by atomic mass is 10.2. The van der Waals surface area contributed by atoms with Crippen LogP contribution in [0.2, 0.25) is 0 Å². The maximum Gasteiger partial charge on any atom is 0.264 e. The highest BCUT2D eigenvalue weighted by atomic mass is 32.1. The third-order valence-electron chi connectivity index (χ3n) is 5.58. The van der Waals surface area contributed by atoms with Gasteiger partial charge in [-0.1, -0.05) is 6.92 Å². The van der Waals surface area contributed by atoms with E-state index in [1.165, 1.54) is 11.3 Å². The van der Waals surface area contributed by atoms with Crippen LogP contribution in [-0.4, -0.2) is 53.6 Å². The van der Waals surface area contributed by atoms with E-state index in [1.807, 2.05) is 43.0 Å². The standard InChI is InChI=1S/C22H26N4O3S/c1-4-9-26-14-23-20-18(21(26)27)15(2)19(30-20)22(28)25-12-10-24(11-13-25)16-5-7-17(29-3)8-6-16/h5-8,14H,4,9-13H2,1-3H3. The van der Waals surface area contributed by atoms with Crippen LogP contribution in [0.25, 0.3) is 10.2 Å². The Kier molecular flexibility index (Phi) is 5.76. The highest BCUT2D eigenvalue weighted by Gasteiger charge is 2.26. The third kappa shape index (κ3) is 3.67. The molecule has 3 heterocycles. The molecule has 3 aromatic rings. The van der Waals surface area contributed by atoms with Crippen molar-refractivity contribution in [1.82, 2.24) is 14.5 Å². The van der Waals surface area contributed by atoms with E-state index in [1.54, 1.807) is 18.0 Å². The fourth-order valence-corrected chi connectivity index (χ4v) is 4.97. The molecule has 1 saturated heterocycles. The average molecular weight is 427 g/mol. The van der Waals surface area contributed by atoms with Gasteiger partial charge < -0.3 is 14.5 Å². The molecule has 4 rings (SSSR count). The van der Waals surface area contributed by atoms with Crippen molar-refractivity contribution < 1.29 is 9.53 Å². The topological polar surface area (TPSA) is 67.7 Å². The van der Waals surface area contributed by atoms with E-state index in [9.17, 15) is 9.59 Å². The Morgan fingerprint density at radius 1 is 1.17 bits per heavy atom. The minimum Gasteiger partial charge on any atom is -0.497 e. The van der Waals surface area contributed by atoms with Crippen molar-refractivity contribution in [3.63, 3.8) is 0 Å². The summed E-state index contributed by atoms with van der Waals surface area (Å²) in [5.41, 5.74) is 1.82.